The fraction of sp³-hybridized carbons (Fsp3) is 0.800. The normalized spacial score (nSPS) is 17.7. The molecule has 1 atom stereocenters. The van der Waals surface area contributed by atoms with Crippen LogP contribution in [0.3, 0.4) is 0 Å². The second kappa shape index (κ2) is 7.08. The number of aliphatic hydroxyl groups excluding tert-OH is 1. The van der Waals surface area contributed by atoms with E-state index in [4.69, 9.17) is 10.2 Å². The number of nitrogens with zero attached hydrogens (tertiary/aromatic N) is 1. The Hall–Kier alpha value is -1.34. The number of aliphatic carboxylic acids is 1. The Balaban J connectivity index is 2.13. The van der Waals surface area contributed by atoms with Gasteiger partial charge in [0.25, 0.3) is 0 Å². The summed E-state index contributed by atoms with van der Waals surface area (Å²) < 4.78 is 0. The fourth-order valence-corrected chi connectivity index (χ4v) is 1.73. The standard InChI is InChI=1S/C10H19N3O4/c14-7-8(9(15)16)12-10(17)11-3-6-13-4-1-2-5-13/h8,14H,1-7H2,(H,15,16)(H2,11,12,17)/t8-/m0/s1. The third kappa shape index (κ3) is 5.01. The van der Waals surface area contributed by atoms with Crippen LogP contribution in [0.5, 0.6) is 0 Å². The molecule has 1 rings (SSSR count). The lowest BCUT2D eigenvalue weighted by Crippen LogP contribution is -2.49. The van der Waals surface area contributed by atoms with Gasteiger partial charge in [-0.3, -0.25) is 0 Å². The Kier molecular flexibility index (Phi) is 5.71. The zero-order valence-corrected chi connectivity index (χ0v) is 9.69. The monoisotopic (exact) mass is 245 g/mol. The van der Waals surface area contributed by atoms with Crippen molar-refractivity contribution in [1.29, 1.82) is 0 Å². The average molecular weight is 245 g/mol. The van der Waals surface area contributed by atoms with Gasteiger partial charge in [-0.05, 0) is 25.9 Å². The van der Waals surface area contributed by atoms with Crippen molar-refractivity contribution in [2.45, 2.75) is 18.9 Å². The number of hydrogen-bond acceptors (Lipinski definition) is 4. The van der Waals surface area contributed by atoms with E-state index in [1.54, 1.807) is 0 Å². The molecule has 1 heterocycles. The summed E-state index contributed by atoms with van der Waals surface area (Å²) >= 11 is 0. The van der Waals surface area contributed by atoms with E-state index in [1.807, 2.05) is 0 Å². The minimum atomic E-state index is -1.25. The molecule has 4 N–H and O–H groups in total. The first-order valence-corrected chi connectivity index (χ1v) is 5.74. The van der Waals surface area contributed by atoms with Gasteiger partial charge in [0.15, 0.2) is 6.04 Å². The Bertz CT molecular complexity index is 266. The van der Waals surface area contributed by atoms with Crippen LogP contribution in [0, 0.1) is 0 Å². The van der Waals surface area contributed by atoms with Crippen LogP contribution in [0.2, 0.25) is 0 Å². The lowest BCUT2D eigenvalue weighted by molar-refractivity contribution is -0.140. The minimum Gasteiger partial charge on any atom is -0.480 e. The Morgan fingerprint density at radius 2 is 1.94 bits per heavy atom. The number of carboxylic acid groups (broad SMARTS) is 1. The van der Waals surface area contributed by atoms with Crippen LogP contribution in [0.25, 0.3) is 0 Å². The molecule has 0 aromatic carbocycles. The maximum absolute atomic E-state index is 11.3. The molecule has 17 heavy (non-hydrogen) atoms. The van der Waals surface area contributed by atoms with Gasteiger partial charge in [0.2, 0.25) is 0 Å². The van der Waals surface area contributed by atoms with E-state index in [2.05, 4.69) is 15.5 Å². The van der Waals surface area contributed by atoms with Gasteiger partial charge in [0.1, 0.15) is 0 Å². The van der Waals surface area contributed by atoms with Gasteiger partial charge in [-0.2, -0.15) is 0 Å². The highest BCUT2D eigenvalue weighted by molar-refractivity contribution is 5.82. The van der Waals surface area contributed by atoms with Crippen molar-refractivity contribution in [2.24, 2.45) is 0 Å². The summed E-state index contributed by atoms with van der Waals surface area (Å²) in [6.45, 7) is 2.73. The van der Waals surface area contributed by atoms with Crippen LogP contribution in [0.15, 0.2) is 0 Å². The molecule has 7 heteroatoms. The van der Waals surface area contributed by atoms with E-state index in [0.29, 0.717) is 6.54 Å². The van der Waals surface area contributed by atoms with E-state index in [-0.39, 0.29) is 0 Å². The molecule has 1 fully saturated rings. The third-order valence-corrected chi connectivity index (χ3v) is 2.70. The largest absolute Gasteiger partial charge is 0.480 e. The van der Waals surface area contributed by atoms with Gasteiger partial charge in [-0.15, -0.1) is 0 Å². The van der Waals surface area contributed by atoms with Crippen molar-refractivity contribution in [3.05, 3.63) is 0 Å². The summed E-state index contributed by atoms with van der Waals surface area (Å²) in [5, 5.41) is 22.1. The first-order valence-electron chi connectivity index (χ1n) is 5.74. The van der Waals surface area contributed by atoms with Crippen molar-refractivity contribution in [1.82, 2.24) is 15.5 Å². The molecule has 0 aliphatic carbocycles. The number of hydrogen-bond donors (Lipinski definition) is 4. The molecule has 0 unspecified atom stereocenters. The second-order valence-corrected chi connectivity index (χ2v) is 4.02. The number of nitrogens with one attached hydrogen (secondary N) is 2. The lowest BCUT2D eigenvalue weighted by atomic mass is 10.3. The van der Waals surface area contributed by atoms with Crippen molar-refractivity contribution >= 4 is 12.0 Å². The molecule has 1 aliphatic rings. The van der Waals surface area contributed by atoms with E-state index in [1.165, 1.54) is 12.8 Å². The molecule has 2 amide bonds. The highest BCUT2D eigenvalue weighted by atomic mass is 16.4. The van der Waals surface area contributed by atoms with Gasteiger partial charge in [0, 0.05) is 13.1 Å². The van der Waals surface area contributed by atoms with Gasteiger partial charge in [0.05, 0.1) is 6.61 Å². The van der Waals surface area contributed by atoms with Gasteiger partial charge < -0.3 is 25.7 Å². The van der Waals surface area contributed by atoms with Gasteiger partial charge in [-0.25, -0.2) is 9.59 Å². The van der Waals surface area contributed by atoms with Crippen molar-refractivity contribution in [2.75, 3.05) is 32.8 Å². The summed E-state index contributed by atoms with van der Waals surface area (Å²) in [5.41, 5.74) is 0. The predicted octanol–water partition coefficient (Wildman–Crippen LogP) is -1.17. The molecular weight excluding hydrogens is 226 g/mol. The summed E-state index contributed by atoms with van der Waals surface area (Å²) in [6, 6.07) is -1.81. The number of carbonyl (C=O) groups is 2. The van der Waals surface area contributed by atoms with Gasteiger partial charge >= 0.3 is 12.0 Å². The number of aliphatic hydroxyl groups is 1. The molecule has 0 saturated carbocycles. The van der Waals surface area contributed by atoms with E-state index in [9.17, 15) is 9.59 Å². The highest BCUT2D eigenvalue weighted by Crippen LogP contribution is 2.05. The number of urea groups is 1. The summed E-state index contributed by atoms with van der Waals surface area (Å²) in [5.74, 6) is -1.25. The quantitative estimate of drug-likeness (QED) is 0.472. The number of rotatable bonds is 6. The van der Waals surface area contributed by atoms with E-state index >= 15 is 0 Å². The van der Waals surface area contributed by atoms with E-state index in [0.717, 1.165) is 19.6 Å². The smallest absolute Gasteiger partial charge is 0.328 e. The topological polar surface area (TPSA) is 102 Å². The zero-order chi connectivity index (χ0) is 12.7. The number of carbonyl (C=O) groups excluding carboxylic acids is 1. The Labute approximate surface area is 99.8 Å². The van der Waals surface area contributed by atoms with Crippen molar-refractivity contribution < 1.29 is 19.8 Å². The molecule has 1 aliphatic heterocycles. The highest BCUT2D eigenvalue weighted by Gasteiger charge is 2.18. The minimum absolute atomic E-state index is 0.476. The molecule has 0 aromatic heterocycles. The maximum atomic E-state index is 11.3. The van der Waals surface area contributed by atoms with Crippen LogP contribution in [-0.4, -0.2) is 65.9 Å². The fourth-order valence-electron chi connectivity index (χ4n) is 1.73. The summed E-state index contributed by atoms with van der Waals surface area (Å²) in [7, 11) is 0. The summed E-state index contributed by atoms with van der Waals surface area (Å²) in [4.78, 5) is 24.1. The molecular formula is C10H19N3O4. The second-order valence-electron chi connectivity index (χ2n) is 4.02. The maximum Gasteiger partial charge on any atom is 0.328 e. The molecule has 0 spiro atoms. The van der Waals surface area contributed by atoms with Crippen LogP contribution in [0.1, 0.15) is 12.8 Å². The van der Waals surface area contributed by atoms with Crippen LogP contribution < -0.4 is 10.6 Å². The van der Waals surface area contributed by atoms with Crippen LogP contribution >= 0.6 is 0 Å². The zero-order valence-electron chi connectivity index (χ0n) is 9.69. The first kappa shape index (κ1) is 13.7. The van der Waals surface area contributed by atoms with Crippen molar-refractivity contribution in [3.63, 3.8) is 0 Å². The Morgan fingerprint density at radius 1 is 1.29 bits per heavy atom. The Morgan fingerprint density at radius 3 is 2.47 bits per heavy atom. The number of likely N-dealkylation sites (tertiary alicyclic amines) is 1. The lowest BCUT2D eigenvalue weighted by Gasteiger charge is -2.16. The molecule has 98 valence electrons. The molecule has 0 radical (unpaired) electrons. The third-order valence-electron chi connectivity index (χ3n) is 2.70. The number of carboxylic acids is 1. The molecule has 7 nitrogen and oxygen atoms in total. The number of amides is 2. The van der Waals surface area contributed by atoms with Crippen molar-refractivity contribution in [3.8, 4) is 0 Å². The van der Waals surface area contributed by atoms with Gasteiger partial charge in [-0.1, -0.05) is 0 Å². The molecule has 0 bridgehead atoms. The van der Waals surface area contributed by atoms with Crippen LogP contribution in [0.4, 0.5) is 4.79 Å². The first-order chi connectivity index (χ1) is 8.13. The van der Waals surface area contributed by atoms with Crippen LogP contribution in [-0.2, 0) is 4.79 Å². The summed E-state index contributed by atoms with van der Waals surface area (Å²) in [6.07, 6.45) is 2.38. The predicted molar refractivity (Wildman–Crippen MR) is 60.7 cm³/mol. The SMILES string of the molecule is O=C(NCCN1CCCC1)N[C@@H](CO)C(=O)O. The van der Waals surface area contributed by atoms with E-state index < -0.39 is 24.6 Å². The average Bonchev–Trinajstić information content (AvgIpc) is 2.78. The molecule has 0 aromatic rings. The molecule has 1 saturated heterocycles.